The molecule has 0 aromatic carbocycles. The topological polar surface area (TPSA) is 101 Å². The van der Waals surface area contributed by atoms with Crippen LogP contribution < -0.4 is 0 Å². The predicted molar refractivity (Wildman–Crippen MR) is 71.6 cm³/mol. The fourth-order valence-electron chi connectivity index (χ4n) is 5.13. The number of fused-ring (bicyclic) bond motifs is 2. The molecule has 0 aromatic rings. The third-order valence-corrected chi connectivity index (χ3v) is 5.92. The fourth-order valence-corrected chi connectivity index (χ4v) is 5.13. The highest BCUT2D eigenvalue weighted by atomic mass is 16.3. The van der Waals surface area contributed by atoms with Crippen LogP contribution >= 0.6 is 0 Å². The summed E-state index contributed by atoms with van der Waals surface area (Å²) in [6.45, 7) is 2.05. The quantitative estimate of drug-likeness (QED) is 0.413. The van der Waals surface area contributed by atoms with Crippen LogP contribution in [0.3, 0.4) is 0 Å². The van der Waals surface area contributed by atoms with Crippen molar-refractivity contribution < 1.29 is 25.5 Å². The zero-order valence-electron chi connectivity index (χ0n) is 11.8. The van der Waals surface area contributed by atoms with Crippen LogP contribution in [0.1, 0.15) is 32.6 Å². The van der Waals surface area contributed by atoms with Crippen molar-refractivity contribution in [2.24, 2.45) is 29.6 Å². The van der Waals surface area contributed by atoms with Gasteiger partial charge >= 0.3 is 0 Å². The van der Waals surface area contributed by atoms with Crippen LogP contribution in [0.5, 0.6) is 0 Å². The van der Waals surface area contributed by atoms with E-state index >= 15 is 0 Å². The van der Waals surface area contributed by atoms with E-state index in [2.05, 4.69) is 6.92 Å². The van der Waals surface area contributed by atoms with Crippen molar-refractivity contribution in [1.29, 1.82) is 0 Å². The Morgan fingerprint density at radius 1 is 0.650 bits per heavy atom. The van der Waals surface area contributed by atoms with Crippen molar-refractivity contribution in [1.82, 2.24) is 0 Å². The largest absolute Gasteiger partial charge is 0.393 e. The maximum Gasteiger partial charge on any atom is 0.0653 e. The Morgan fingerprint density at radius 2 is 1.20 bits per heavy atom. The molecule has 0 saturated heterocycles. The lowest BCUT2D eigenvalue weighted by molar-refractivity contribution is -0.212. The minimum absolute atomic E-state index is 0.137. The molecule has 10 atom stereocenters. The van der Waals surface area contributed by atoms with E-state index in [-0.39, 0.29) is 24.2 Å². The molecule has 0 spiro atoms. The monoisotopic (exact) mass is 286 g/mol. The zero-order valence-corrected chi connectivity index (χ0v) is 11.8. The van der Waals surface area contributed by atoms with Crippen LogP contribution in [-0.4, -0.2) is 56.1 Å². The second-order valence-corrected chi connectivity index (χ2v) is 7.30. The van der Waals surface area contributed by atoms with Crippen LogP contribution in [0.15, 0.2) is 0 Å². The van der Waals surface area contributed by atoms with Gasteiger partial charge in [-0.15, -0.1) is 0 Å². The maximum atomic E-state index is 10.6. The van der Waals surface area contributed by atoms with Crippen LogP contribution in [0.4, 0.5) is 0 Å². The molecule has 3 aliphatic rings. The summed E-state index contributed by atoms with van der Waals surface area (Å²) in [5.41, 5.74) is 0. The van der Waals surface area contributed by atoms with Crippen LogP contribution in [0, 0.1) is 29.6 Å². The smallest absolute Gasteiger partial charge is 0.0653 e. The third-order valence-electron chi connectivity index (χ3n) is 5.92. The van der Waals surface area contributed by atoms with E-state index in [1.807, 2.05) is 0 Å². The maximum absolute atomic E-state index is 10.6. The summed E-state index contributed by atoms with van der Waals surface area (Å²) < 4.78 is 0. The van der Waals surface area contributed by atoms with Gasteiger partial charge in [0.15, 0.2) is 0 Å². The SMILES string of the molecule is CC1CC(O)C2C(O)C3C(O)CC(O)CC3C(O)C2C1. The van der Waals surface area contributed by atoms with Crippen molar-refractivity contribution >= 4 is 0 Å². The fraction of sp³-hybridized carbons (Fsp3) is 1.00. The Hall–Kier alpha value is -0.200. The van der Waals surface area contributed by atoms with Crippen molar-refractivity contribution in [2.75, 3.05) is 0 Å². The van der Waals surface area contributed by atoms with E-state index in [1.54, 1.807) is 0 Å². The summed E-state index contributed by atoms with van der Waals surface area (Å²) in [6.07, 6.45) is -1.39. The van der Waals surface area contributed by atoms with Crippen molar-refractivity contribution in [2.45, 2.75) is 63.1 Å². The molecule has 20 heavy (non-hydrogen) atoms. The molecule has 0 aromatic heterocycles. The van der Waals surface area contributed by atoms with E-state index in [0.717, 1.165) is 6.42 Å². The Kier molecular flexibility index (Phi) is 3.84. The molecule has 5 nitrogen and oxygen atoms in total. The average molecular weight is 286 g/mol. The number of aliphatic hydroxyl groups is 5. The second kappa shape index (κ2) is 5.21. The Labute approximate surface area is 119 Å². The molecule has 5 heteroatoms. The lowest BCUT2D eigenvalue weighted by Gasteiger charge is -2.56. The molecule has 5 N–H and O–H groups in total. The summed E-state index contributed by atoms with van der Waals surface area (Å²) in [7, 11) is 0. The first-order valence-corrected chi connectivity index (χ1v) is 7.80. The number of hydrogen-bond acceptors (Lipinski definition) is 5. The Morgan fingerprint density at radius 3 is 1.85 bits per heavy atom. The highest BCUT2D eigenvalue weighted by Gasteiger charge is 2.57. The minimum Gasteiger partial charge on any atom is -0.393 e. The predicted octanol–water partition coefficient (Wildman–Crippen LogP) is -0.507. The Balaban J connectivity index is 1.90. The van der Waals surface area contributed by atoms with E-state index < -0.39 is 36.4 Å². The third kappa shape index (κ3) is 2.20. The zero-order chi connectivity index (χ0) is 14.6. The summed E-state index contributed by atoms with van der Waals surface area (Å²) in [5.74, 6) is -0.877. The summed E-state index contributed by atoms with van der Waals surface area (Å²) in [4.78, 5) is 0. The molecular formula is C15H26O5. The summed E-state index contributed by atoms with van der Waals surface area (Å²) in [5, 5.41) is 51.6. The van der Waals surface area contributed by atoms with Gasteiger partial charge in [0.2, 0.25) is 0 Å². The molecule has 3 saturated carbocycles. The van der Waals surface area contributed by atoms with Gasteiger partial charge < -0.3 is 25.5 Å². The highest BCUT2D eigenvalue weighted by molar-refractivity contribution is 5.06. The number of aliphatic hydroxyl groups excluding tert-OH is 5. The molecule has 0 aliphatic heterocycles. The average Bonchev–Trinajstić information content (AvgIpc) is 2.34. The minimum atomic E-state index is -0.805. The van der Waals surface area contributed by atoms with Gasteiger partial charge in [-0.05, 0) is 43.4 Å². The molecule has 10 unspecified atom stereocenters. The van der Waals surface area contributed by atoms with Gasteiger partial charge in [0, 0.05) is 11.8 Å². The van der Waals surface area contributed by atoms with Crippen LogP contribution in [0.2, 0.25) is 0 Å². The van der Waals surface area contributed by atoms with Gasteiger partial charge in [-0.3, -0.25) is 0 Å². The van der Waals surface area contributed by atoms with Gasteiger partial charge in [-0.1, -0.05) is 6.92 Å². The summed E-state index contributed by atoms with van der Waals surface area (Å²) >= 11 is 0. The molecule has 0 heterocycles. The van der Waals surface area contributed by atoms with E-state index in [1.165, 1.54) is 0 Å². The molecule has 3 rings (SSSR count). The molecule has 3 aliphatic carbocycles. The number of hydrogen-bond donors (Lipinski definition) is 5. The first-order valence-electron chi connectivity index (χ1n) is 7.80. The second-order valence-electron chi connectivity index (χ2n) is 7.30. The van der Waals surface area contributed by atoms with E-state index in [9.17, 15) is 25.5 Å². The van der Waals surface area contributed by atoms with Crippen LogP contribution in [-0.2, 0) is 0 Å². The van der Waals surface area contributed by atoms with Gasteiger partial charge in [0.25, 0.3) is 0 Å². The lowest BCUT2D eigenvalue weighted by atomic mass is 9.54. The van der Waals surface area contributed by atoms with Crippen molar-refractivity contribution in [3.63, 3.8) is 0 Å². The first-order chi connectivity index (χ1) is 9.40. The normalized spacial score (nSPS) is 59.7. The number of rotatable bonds is 0. The molecule has 0 radical (unpaired) electrons. The van der Waals surface area contributed by atoms with Crippen LogP contribution in [0.25, 0.3) is 0 Å². The van der Waals surface area contributed by atoms with Gasteiger partial charge in [0.05, 0.1) is 30.5 Å². The highest BCUT2D eigenvalue weighted by Crippen LogP contribution is 2.51. The van der Waals surface area contributed by atoms with Crippen molar-refractivity contribution in [3.8, 4) is 0 Å². The van der Waals surface area contributed by atoms with Gasteiger partial charge in [0.1, 0.15) is 0 Å². The molecule has 0 amide bonds. The molecule has 3 fully saturated rings. The van der Waals surface area contributed by atoms with Gasteiger partial charge in [-0.2, -0.15) is 0 Å². The first kappa shape index (κ1) is 14.7. The van der Waals surface area contributed by atoms with Crippen molar-refractivity contribution in [3.05, 3.63) is 0 Å². The summed E-state index contributed by atoms with van der Waals surface area (Å²) in [6, 6.07) is 0. The standard InChI is InChI=1S/C15H26O5/c1-6-2-8-12(10(17)3-6)15(20)13-9(14(8)19)4-7(16)5-11(13)18/h6-20H,2-5H2,1H3. The van der Waals surface area contributed by atoms with Gasteiger partial charge in [-0.25, -0.2) is 0 Å². The molecule has 116 valence electrons. The molecule has 0 bridgehead atoms. The lowest BCUT2D eigenvalue weighted by Crippen LogP contribution is -2.62. The molecular weight excluding hydrogens is 260 g/mol. The van der Waals surface area contributed by atoms with E-state index in [4.69, 9.17) is 0 Å². The Bertz CT molecular complexity index is 330. The van der Waals surface area contributed by atoms with E-state index in [0.29, 0.717) is 18.8 Å².